The monoisotopic (exact) mass is 393 g/mol. The molecule has 0 aliphatic heterocycles. The minimum Gasteiger partial charge on any atom is -0.456 e. The molecule has 3 aromatic rings. The quantitative estimate of drug-likeness (QED) is 0.470. The van der Waals surface area contributed by atoms with E-state index in [-0.39, 0.29) is 24.7 Å². The molecule has 1 amide bonds. The van der Waals surface area contributed by atoms with Crippen LogP contribution >= 0.6 is 11.3 Å². The molecule has 0 bridgehead atoms. The van der Waals surface area contributed by atoms with Gasteiger partial charge in [0, 0.05) is 12.0 Å². The first-order chi connectivity index (χ1) is 13.6. The van der Waals surface area contributed by atoms with Gasteiger partial charge in [0.15, 0.2) is 12.4 Å². The first kappa shape index (κ1) is 19.5. The van der Waals surface area contributed by atoms with E-state index in [4.69, 9.17) is 4.74 Å². The van der Waals surface area contributed by atoms with E-state index in [1.54, 1.807) is 47.8 Å². The molecule has 3 rings (SSSR count). The molecular formula is C22H19NO4S. The molecule has 1 N–H and O–H groups in total. The Balaban J connectivity index is 1.67. The van der Waals surface area contributed by atoms with Crippen LogP contribution in [0.3, 0.4) is 0 Å². The third-order valence-electron chi connectivity index (χ3n) is 4.06. The highest BCUT2D eigenvalue weighted by molar-refractivity contribution is 7.12. The van der Waals surface area contributed by atoms with E-state index in [2.05, 4.69) is 5.32 Å². The van der Waals surface area contributed by atoms with Crippen LogP contribution in [0.1, 0.15) is 25.6 Å². The average molecular weight is 393 g/mol. The lowest BCUT2D eigenvalue weighted by atomic mass is 10.1. The van der Waals surface area contributed by atoms with E-state index < -0.39 is 12.0 Å². The maximum absolute atomic E-state index is 12.6. The van der Waals surface area contributed by atoms with Gasteiger partial charge in [-0.1, -0.05) is 66.7 Å². The Hall–Kier alpha value is -3.25. The summed E-state index contributed by atoms with van der Waals surface area (Å²) in [6, 6.07) is 20.5. The van der Waals surface area contributed by atoms with E-state index in [1.165, 1.54) is 11.3 Å². The number of rotatable bonds is 8. The topological polar surface area (TPSA) is 72.5 Å². The van der Waals surface area contributed by atoms with Crippen molar-refractivity contribution in [2.75, 3.05) is 6.61 Å². The number of esters is 1. The summed E-state index contributed by atoms with van der Waals surface area (Å²) in [6.45, 7) is -0.372. The van der Waals surface area contributed by atoms with Crippen molar-refractivity contribution in [3.8, 4) is 0 Å². The van der Waals surface area contributed by atoms with E-state index >= 15 is 0 Å². The molecule has 5 nitrogen and oxygen atoms in total. The maximum atomic E-state index is 12.6. The molecule has 142 valence electrons. The third-order valence-corrected chi connectivity index (χ3v) is 4.93. The van der Waals surface area contributed by atoms with Gasteiger partial charge in [-0.3, -0.25) is 9.59 Å². The van der Waals surface area contributed by atoms with Crippen LogP contribution in [-0.2, 0) is 16.0 Å². The van der Waals surface area contributed by atoms with Crippen molar-refractivity contribution >= 4 is 29.0 Å². The summed E-state index contributed by atoms with van der Waals surface area (Å²) >= 11 is 1.29. The lowest BCUT2D eigenvalue weighted by molar-refractivity contribution is -0.144. The van der Waals surface area contributed by atoms with Crippen LogP contribution in [0.5, 0.6) is 0 Å². The lowest BCUT2D eigenvalue weighted by Gasteiger charge is -2.17. The number of amides is 1. The number of hydrogen-bond donors (Lipinski definition) is 1. The summed E-state index contributed by atoms with van der Waals surface area (Å²) < 4.78 is 5.21. The molecule has 0 aliphatic carbocycles. The molecule has 0 aliphatic rings. The van der Waals surface area contributed by atoms with Gasteiger partial charge in [0.05, 0.1) is 4.88 Å². The number of nitrogens with one attached hydrogen (secondary N) is 1. The highest BCUT2D eigenvalue weighted by Crippen LogP contribution is 2.11. The smallest absolute Gasteiger partial charge is 0.329 e. The summed E-state index contributed by atoms with van der Waals surface area (Å²) in [7, 11) is 0. The highest BCUT2D eigenvalue weighted by Gasteiger charge is 2.24. The molecule has 0 radical (unpaired) electrons. The molecule has 2 aromatic carbocycles. The second kappa shape index (κ2) is 9.62. The van der Waals surface area contributed by atoms with Gasteiger partial charge >= 0.3 is 5.97 Å². The van der Waals surface area contributed by atoms with Gasteiger partial charge in [-0.15, -0.1) is 11.3 Å². The van der Waals surface area contributed by atoms with Gasteiger partial charge in [0.2, 0.25) is 0 Å². The Morgan fingerprint density at radius 1 is 0.893 bits per heavy atom. The van der Waals surface area contributed by atoms with Crippen molar-refractivity contribution in [1.29, 1.82) is 0 Å². The second-order valence-corrected chi connectivity index (χ2v) is 7.04. The second-order valence-electron chi connectivity index (χ2n) is 6.09. The molecule has 1 aromatic heterocycles. The SMILES string of the molecule is O=C(COC(=O)C(Cc1ccccc1)NC(=O)c1cccs1)c1ccccc1. The van der Waals surface area contributed by atoms with Crippen molar-refractivity contribution in [2.45, 2.75) is 12.5 Å². The van der Waals surface area contributed by atoms with Crippen LogP contribution in [0.25, 0.3) is 0 Å². The highest BCUT2D eigenvalue weighted by atomic mass is 32.1. The van der Waals surface area contributed by atoms with Gasteiger partial charge in [0.1, 0.15) is 6.04 Å². The first-order valence-electron chi connectivity index (χ1n) is 8.76. The number of ketones is 1. The molecule has 6 heteroatoms. The number of hydrogen-bond acceptors (Lipinski definition) is 5. The summed E-state index contributed by atoms with van der Waals surface area (Å²) in [4.78, 5) is 37.7. The van der Waals surface area contributed by atoms with Crippen molar-refractivity contribution in [3.63, 3.8) is 0 Å². The van der Waals surface area contributed by atoms with Gasteiger partial charge in [0.25, 0.3) is 5.91 Å². The molecule has 0 saturated heterocycles. The fourth-order valence-electron chi connectivity index (χ4n) is 2.62. The van der Waals surface area contributed by atoms with Crippen LogP contribution in [-0.4, -0.2) is 30.3 Å². The Morgan fingerprint density at radius 2 is 1.57 bits per heavy atom. The molecular weight excluding hydrogens is 374 g/mol. The van der Waals surface area contributed by atoms with Crippen molar-refractivity contribution < 1.29 is 19.1 Å². The minimum atomic E-state index is -0.888. The largest absolute Gasteiger partial charge is 0.456 e. The van der Waals surface area contributed by atoms with Crippen LogP contribution < -0.4 is 5.32 Å². The first-order valence-corrected chi connectivity index (χ1v) is 9.64. The van der Waals surface area contributed by atoms with Crippen LogP contribution in [0.15, 0.2) is 78.2 Å². The summed E-state index contributed by atoms with van der Waals surface area (Å²) in [5, 5.41) is 4.51. The van der Waals surface area contributed by atoms with Gasteiger partial charge in [-0.25, -0.2) is 4.79 Å². The lowest BCUT2D eigenvalue weighted by Crippen LogP contribution is -2.43. The average Bonchev–Trinajstić information content (AvgIpc) is 3.28. The number of carbonyl (C=O) groups excluding carboxylic acids is 3. The molecule has 28 heavy (non-hydrogen) atoms. The molecule has 1 atom stereocenters. The zero-order chi connectivity index (χ0) is 19.8. The molecule has 0 fully saturated rings. The van der Waals surface area contributed by atoms with Crippen molar-refractivity contribution in [3.05, 3.63) is 94.2 Å². The Labute approximate surface area is 167 Å². The van der Waals surface area contributed by atoms with Crippen LogP contribution in [0, 0.1) is 0 Å². The predicted molar refractivity (Wildman–Crippen MR) is 107 cm³/mol. The predicted octanol–water partition coefficient (Wildman–Crippen LogP) is 3.52. The van der Waals surface area contributed by atoms with Gasteiger partial charge in [-0.2, -0.15) is 0 Å². The Bertz CT molecular complexity index is 924. The summed E-state index contributed by atoms with van der Waals surface area (Å²) in [6.07, 6.45) is 0.274. The molecule has 1 unspecified atom stereocenters. The van der Waals surface area contributed by atoms with E-state index in [1.807, 2.05) is 30.3 Å². The summed E-state index contributed by atoms with van der Waals surface area (Å²) in [5.41, 5.74) is 1.35. The van der Waals surface area contributed by atoms with Crippen LogP contribution in [0.2, 0.25) is 0 Å². The van der Waals surface area contributed by atoms with Crippen molar-refractivity contribution in [1.82, 2.24) is 5.32 Å². The van der Waals surface area contributed by atoms with Crippen LogP contribution in [0.4, 0.5) is 0 Å². The maximum Gasteiger partial charge on any atom is 0.329 e. The Kier molecular flexibility index (Phi) is 6.70. The van der Waals surface area contributed by atoms with Gasteiger partial charge in [-0.05, 0) is 17.0 Å². The normalized spacial score (nSPS) is 11.4. The fraction of sp³-hybridized carbons (Fsp3) is 0.136. The molecule has 0 spiro atoms. The number of thiophene rings is 1. The fourth-order valence-corrected chi connectivity index (χ4v) is 3.25. The number of Topliss-reactive ketones (excluding diaryl/α,β-unsaturated/α-hetero) is 1. The minimum absolute atomic E-state index is 0.274. The number of ether oxygens (including phenoxy) is 1. The molecule has 1 heterocycles. The molecule has 0 saturated carbocycles. The zero-order valence-electron chi connectivity index (χ0n) is 15.0. The third kappa shape index (κ3) is 5.37. The standard InChI is InChI=1S/C22H19NO4S/c24-19(17-10-5-2-6-11-17)15-27-22(26)18(14-16-8-3-1-4-9-16)23-21(25)20-12-7-13-28-20/h1-13,18H,14-15H2,(H,23,25). The number of benzene rings is 2. The summed E-state index contributed by atoms with van der Waals surface area (Å²) in [5.74, 6) is -1.28. The van der Waals surface area contributed by atoms with Crippen molar-refractivity contribution in [2.24, 2.45) is 0 Å². The zero-order valence-corrected chi connectivity index (χ0v) is 15.9. The van der Waals surface area contributed by atoms with Gasteiger partial charge < -0.3 is 10.1 Å². The number of carbonyl (C=O) groups is 3. The van der Waals surface area contributed by atoms with E-state index in [9.17, 15) is 14.4 Å². The van der Waals surface area contributed by atoms with E-state index in [0.29, 0.717) is 10.4 Å². The van der Waals surface area contributed by atoms with E-state index in [0.717, 1.165) is 5.56 Å². The Morgan fingerprint density at radius 3 is 2.21 bits per heavy atom.